The molecule has 120 valence electrons. The second kappa shape index (κ2) is 8.14. The van der Waals surface area contributed by atoms with Gasteiger partial charge in [0.1, 0.15) is 0 Å². The molecule has 0 aliphatic carbocycles. The summed E-state index contributed by atoms with van der Waals surface area (Å²) >= 11 is 0. The van der Waals surface area contributed by atoms with Crippen molar-refractivity contribution in [2.75, 3.05) is 6.61 Å². The van der Waals surface area contributed by atoms with Crippen LogP contribution < -0.4 is 0 Å². The third-order valence-electron chi connectivity index (χ3n) is 2.20. The Bertz CT molecular complexity index is 539. The lowest BCUT2D eigenvalue weighted by Crippen LogP contribution is -2.26. The molecular weight excluding hydrogens is 307 g/mol. The van der Waals surface area contributed by atoms with E-state index in [2.05, 4.69) is 15.7 Å². The van der Waals surface area contributed by atoms with Crippen molar-refractivity contribution in [3.8, 4) is 0 Å². The van der Waals surface area contributed by atoms with Crippen LogP contribution in [0.25, 0.3) is 0 Å². The second-order valence-corrected chi connectivity index (χ2v) is 5.92. The van der Waals surface area contributed by atoms with E-state index in [-0.39, 0.29) is 0 Å². The van der Waals surface area contributed by atoms with Crippen molar-refractivity contribution in [3.63, 3.8) is 0 Å². The molecule has 0 N–H and O–H groups in total. The molecule has 1 heterocycles. The number of hydrogen-bond donors (Lipinski definition) is 0. The summed E-state index contributed by atoms with van der Waals surface area (Å²) in [6.45, 7) is 8.19. The normalized spacial score (nSPS) is 13.0. The molecule has 1 rings (SSSR count). The van der Waals surface area contributed by atoms with Gasteiger partial charge in [0.05, 0.1) is 6.61 Å². The first-order valence-electron chi connectivity index (χ1n) is 5.98. The van der Waals surface area contributed by atoms with Crippen molar-refractivity contribution in [1.82, 2.24) is 4.98 Å². The van der Waals surface area contributed by atoms with E-state index in [0.717, 1.165) is 11.4 Å². The van der Waals surface area contributed by atoms with Crippen molar-refractivity contribution in [3.05, 3.63) is 42.2 Å². The van der Waals surface area contributed by atoms with Gasteiger partial charge < -0.3 is 0 Å². The van der Waals surface area contributed by atoms with E-state index in [0.29, 0.717) is 0 Å². The molecule has 0 radical (unpaired) electrons. The lowest BCUT2D eigenvalue weighted by molar-refractivity contribution is -0.0546. The summed E-state index contributed by atoms with van der Waals surface area (Å²) in [5.41, 5.74) is -3.18. The van der Waals surface area contributed by atoms with Crippen molar-refractivity contribution >= 4 is 10.1 Å². The van der Waals surface area contributed by atoms with Crippen LogP contribution in [-0.4, -0.2) is 25.5 Å². The van der Waals surface area contributed by atoms with Crippen molar-refractivity contribution in [1.29, 1.82) is 0 Å². The van der Waals surface area contributed by atoms with Crippen LogP contribution in [-0.2, 0) is 14.3 Å². The zero-order chi connectivity index (χ0) is 16.7. The largest absolute Gasteiger partial charge is 0.523 e. The molecule has 1 atom stereocenters. The molecule has 0 aliphatic rings. The number of rotatable bonds is 4. The summed E-state index contributed by atoms with van der Waals surface area (Å²) in [7, 11) is -5.45. The Labute approximate surface area is 122 Å². The minimum atomic E-state index is -5.45. The van der Waals surface area contributed by atoms with Gasteiger partial charge in [-0.2, -0.15) is 21.6 Å². The highest BCUT2D eigenvalue weighted by atomic mass is 32.2. The van der Waals surface area contributed by atoms with Crippen LogP contribution in [0.15, 0.2) is 30.9 Å². The van der Waals surface area contributed by atoms with Gasteiger partial charge in [0.15, 0.2) is 0 Å². The van der Waals surface area contributed by atoms with Crippen molar-refractivity contribution in [2.24, 2.45) is 5.92 Å². The van der Waals surface area contributed by atoms with E-state index in [9.17, 15) is 21.6 Å². The second-order valence-electron chi connectivity index (χ2n) is 4.32. The summed E-state index contributed by atoms with van der Waals surface area (Å²) in [4.78, 5) is 4.17. The van der Waals surface area contributed by atoms with E-state index >= 15 is 0 Å². The number of halogens is 3. The van der Waals surface area contributed by atoms with Crippen molar-refractivity contribution < 1.29 is 25.8 Å². The summed E-state index contributed by atoms with van der Waals surface area (Å²) in [5.74, 6) is -0.447. The van der Waals surface area contributed by atoms with Crippen LogP contribution >= 0.6 is 0 Å². The Morgan fingerprint density at radius 1 is 1.33 bits per heavy atom. The van der Waals surface area contributed by atoms with Crippen LogP contribution in [0.3, 0.4) is 0 Å². The fraction of sp³-hybridized carbons (Fsp3) is 0.462. The smallest absolute Gasteiger partial charge is 0.263 e. The zero-order valence-electron chi connectivity index (χ0n) is 12.0. The van der Waals surface area contributed by atoms with Crippen LogP contribution in [0, 0.1) is 19.8 Å². The Morgan fingerprint density at radius 3 is 2.10 bits per heavy atom. The Hall–Kier alpha value is -1.41. The van der Waals surface area contributed by atoms with Gasteiger partial charge in [-0.1, -0.05) is 19.1 Å². The van der Waals surface area contributed by atoms with Crippen LogP contribution in [0.4, 0.5) is 13.2 Å². The number of hydrogen-bond acceptors (Lipinski definition) is 4. The third-order valence-corrected chi connectivity index (χ3v) is 3.21. The first-order valence-corrected chi connectivity index (χ1v) is 7.39. The van der Waals surface area contributed by atoms with Gasteiger partial charge in [0.2, 0.25) is 0 Å². The number of nitrogens with zero attached hydrogens (tertiary/aromatic N) is 1. The van der Waals surface area contributed by atoms with Gasteiger partial charge >= 0.3 is 15.6 Å². The molecule has 0 aliphatic heterocycles. The Kier molecular flexibility index (Phi) is 7.59. The van der Waals surface area contributed by atoms with E-state index in [4.69, 9.17) is 0 Å². The highest BCUT2D eigenvalue weighted by Gasteiger charge is 2.47. The highest BCUT2D eigenvalue weighted by Crippen LogP contribution is 2.24. The van der Waals surface area contributed by atoms with Gasteiger partial charge in [-0.3, -0.25) is 9.17 Å². The molecule has 0 saturated heterocycles. The zero-order valence-corrected chi connectivity index (χ0v) is 12.8. The third kappa shape index (κ3) is 7.81. The minimum Gasteiger partial charge on any atom is -0.263 e. The molecule has 21 heavy (non-hydrogen) atoms. The number of pyridine rings is 1. The highest BCUT2D eigenvalue weighted by molar-refractivity contribution is 7.87. The molecule has 0 aromatic carbocycles. The summed E-state index contributed by atoms with van der Waals surface area (Å²) in [6.07, 6.45) is 1.30. The van der Waals surface area contributed by atoms with Gasteiger partial charge in [-0.05, 0) is 31.9 Å². The van der Waals surface area contributed by atoms with Crippen LogP contribution in [0.2, 0.25) is 0 Å². The van der Waals surface area contributed by atoms with Gasteiger partial charge in [-0.15, -0.1) is 6.58 Å². The van der Waals surface area contributed by atoms with Gasteiger partial charge in [-0.25, -0.2) is 0 Å². The van der Waals surface area contributed by atoms with E-state index < -0.39 is 28.2 Å². The summed E-state index contributed by atoms with van der Waals surface area (Å²) in [6, 6.07) is 6.00. The molecular formula is C13H18F3NO3S. The van der Waals surface area contributed by atoms with E-state index in [1.54, 1.807) is 0 Å². The molecule has 0 saturated carbocycles. The minimum absolute atomic E-state index is 0.447. The maximum absolute atomic E-state index is 11.6. The topological polar surface area (TPSA) is 56.3 Å². The molecule has 0 fully saturated rings. The summed E-state index contributed by atoms with van der Waals surface area (Å²) in [5, 5.41) is 0. The molecule has 8 heteroatoms. The molecule has 1 aromatic heterocycles. The van der Waals surface area contributed by atoms with Gasteiger partial charge in [0, 0.05) is 11.4 Å². The average Bonchev–Trinajstić information content (AvgIpc) is 2.35. The molecule has 0 bridgehead atoms. The molecule has 0 spiro atoms. The maximum atomic E-state index is 11.6. The Morgan fingerprint density at radius 2 is 1.81 bits per heavy atom. The number of aryl methyl sites for hydroxylation is 2. The van der Waals surface area contributed by atoms with Crippen LogP contribution in [0.5, 0.6) is 0 Å². The fourth-order valence-electron chi connectivity index (χ4n) is 1.01. The quantitative estimate of drug-likeness (QED) is 0.484. The maximum Gasteiger partial charge on any atom is 0.523 e. The van der Waals surface area contributed by atoms with E-state index in [1.807, 2.05) is 32.0 Å². The monoisotopic (exact) mass is 325 g/mol. The molecule has 4 nitrogen and oxygen atoms in total. The SMILES string of the molecule is C=CC(C)COS(=O)(=O)C(F)(F)F.Cc1cccc(C)n1. The molecule has 0 amide bonds. The first-order chi connectivity index (χ1) is 9.49. The average molecular weight is 325 g/mol. The molecule has 1 aromatic rings. The van der Waals surface area contributed by atoms with Crippen molar-refractivity contribution in [2.45, 2.75) is 26.3 Å². The molecule has 1 unspecified atom stereocenters. The lowest BCUT2D eigenvalue weighted by Gasteiger charge is -2.09. The fourth-order valence-corrected chi connectivity index (χ4v) is 1.54. The summed E-state index contributed by atoms with van der Waals surface area (Å²) < 4.78 is 59.3. The van der Waals surface area contributed by atoms with Crippen LogP contribution in [0.1, 0.15) is 18.3 Å². The number of alkyl halides is 3. The Balaban J connectivity index is 0.000000423. The van der Waals surface area contributed by atoms with Gasteiger partial charge in [0.25, 0.3) is 0 Å². The first kappa shape index (κ1) is 19.6. The predicted molar refractivity (Wildman–Crippen MR) is 74.0 cm³/mol. The standard InChI is InChI=1S/C7H9N.C6H9F3O3S/c1-6-4-3-5-7(2)8-6;1-3-5(2)4-12-13(10,11)6(7,8)9/h3-5H,1-2H3;3,5H,1,4H2,2H3. The van der Waals surface area contributed by atoms with E-state index in [1.165, 1.54) is 13.0 Å². The lowest BCUT2D eigenvalue weighted by atomic mass is 10.2. The predicted octanol–water partition coefficient (Wildman–Crippen LogP) is 3.37. The number of aromatic nitrogens is 1.